The summed E-state index contributed by atoms with van der Waals surface area (Å²) in [7, 11) is -1.27. The van der Waals surface area contributed by atoms with E-state index in [1.54, 1.807) is 4.31 Å². The minimum Gasteiger partial charge on any atom is -0.301 e. The molecule has 0 N–H and O–H groups in total. The van der Waals surface area contributed by atoms with Gasteiger partial charge >= 0.3 is 0 Å². The van der Waals surface area contributed by atoms with E-state index in [0.29, 0.717) is 6.54 Å². The maximum atomic E-state index is 12.5. The van der Waals surface area contributed by atoms with E-state index in [4.69, 9.17) is 0 Å². The molecule has 1 aliphatic rings. The third kappa shape index (κ3) is 3.10. The Kier molecular flexibility index (Phi) is 4.53. The second-order valence-corrected chi connectivity index (χ2v) is 7.34. The number of benzene rings is 2. The van der Waals surface area contributed by atoms with Crippen molar-refractivity contribution in [2.24, 2.45) is 0 Å². The van der Waals surface area contributed by atoms with Crippen LogP contribution in [0, 0.1) is 0 Å². The number of hydrogen-bond acceptors (Lipinski definition) is 3. The van der Waals surface area contributed by atoms with Crippen LogP contribution in [0.15, 0.2) is 59.5 Å². The zero-order valence-corrected chi connectivity index (χ0v) is 13.0. The van der Waals surface area contributed by atoms with Crippen molar-refractivity contribution in [3.8, 4) is 11.1 Å². The molecule has 3 rings (SSSR count). The molecule has 0 spiro atoms. The standard InChI is InChI=1S/C16H15NO2S2/c18-12-16-17(10-11-20-16)21(19)15-8-6-14(7-9-15)13-4-2-1-3-5-13/h1-9,12,16H,10-11H2. The third-order valence-electron chi connectivity index (χ3n) is 3.38. The van der Waals surface area contributed by atoms with Crippen LogP contribution in [0.25, 0.3) is 11.1 Å². The molecule has 1 heterocycles. The number of thioether (sulfide) groups is 1. The van der Waals surface area contributed by atoms with Crippen LogP contribution in [0.3, 0.4) is 0 Å². The van der Waals surface area contributed by atoms with E-state index in [2.05, 4.69) is 0 Å². The van der Waals surface area contributed by atoms with Gasteiger partial charge in [0.2, 0.25) is 0 Å². The van der Waals surface area contributed by atoms with Gasteiger partial charge in [-0.1, -0.05) is 42.5 Å². The molecule has 0 aliphatic carbocycles. The SMILES string of the molecule is O=CC1SCCN1S(=O)c1ccc(-c2ccccc2)cc1. The fourth-order valence-electron chi connectivity index (χ4n) is 2.29. The van der Waals surface area contributed by atoms with Crippen LogP contribution in [-0.2, 0) is 15.8 Å². The Morgan fingerprint density at radius 2 is 1.71 bits per heavy atom. The number of hydrogen-bond donors (Lipinski definition) is 0. The molecule has 2 unspecified atom stereocenters. The lowest BCUT2D eigenvalue weighted by Gasteiger charge is -2.17. The summed E-state index contributed by atoms with van der Waals surface area (Å²) in [5.74, 6) is 0.844. The number of carbonyl (C=O) groups is 1. The number of nitrogens with zero attached hydrogens (tertiary/aromatic N) is 1. The molecular weight excluding hydrogens is 302 g/mol. The Morgan fingerprint density at radius 1 is 1.05 bits per heavy atom. The average Bonchev–Trinajstić information content (AvgIpc) is 3.04. The normalized spacial score (nSPS) is 20.3. The highest BCUT2D eigenvalue weighted by atomic mass is 32.2. The van der Waals surface area contributed by atoms with Gasteiger partial charge in [0.15, 0.2) is 0 Å². The summed E-state index contributed by atoms with van der Waals surface area (Å²) in [5, 5.41) is -0.292. The van der Waals surface area contributed by atoms with Crippen LogP contribution in [0.1, 0.15) is 0 Å². The van der Waals surface area contributed by atoms with Gasteiger partial charge in [-0.3, -0.25) is 0 Å². The van der Waals surface area contributed by atoms with Gasteiger partial charge in [0.25, 0.3) is 0 Å². The van der Waals surface area contributed by atoms with E-state index in [9.17, 15) is 9.00 Å². The molecule has 5 heteroatoms. The Bertz CT molecular complexity index is 643. The molecular formula is C16H15NO2S2. The monoisotopic (exact) mass is 317 g/mol. The molecule has 21 heavy (non-hydrogen) atoms. The molecule has 0 saturated carbocycles. The van der Waals surface area contributed by atoms with Crippen molar-refractivity contribution < 1.29 is 9.00 Å². The second kappa shape index (κ2) is 6.56. The predicted octanol–water partition coefficient (Wildman–Crippen LogP) is 2.95. The molecule has 0 radical (unpaired) electrons. The summed E-state index contributed by atoms with van der Waals surface area (Å²) in [6, 6.07) is 17.8. The number of rotatable bonds is 4. The van der Waals surface area contributed by atoms with Gasteiger partial charge in [-0.05, 0) is 23.3 Å². The molecule has 2 aromatic carbocycles. The van der Waals surface area contributed by atoms with Crippen molar-refractivity contribution in [2.75, 3.05) is 12.3 Å². The Balaban J connectivity index is 1.81. The molecule has 1 fully saturated rings. The second-order valence-electron chi connectivity index (χ2n) is 4.68. The summed E-state index contributed by atoms with van der Waals surface area (Å²) in [6.07, 6.45) is 0.869. The fraction of sp³-hybridized carbons (Fsp3) is 0.188. The van der Waals surface area contributed by atoms with Gasteiger partial charge in [-0.15, -0.1) is 11.8 Å². The molecule has 2 atom stereocenters. The summed E-state index contributed by atoms with van der Waals surface area (Å²) in [4.78, 5) is 11.7. The van der Waals surface area contributed by atoms with Gasteiger partial charge in [-0.2, -0.15) is 4.31 Å². The van der Waals surface area contributed by atoms with Crippen molar-refractivity contribution >= 4 is 29.0 Å². The first-order chi connectivity index (χ1) is 10.3. The number of aldehydes is 1. The average molecular weight is 317 g/mol. The van der Waals surface area contributed by atoms with Crippen molar-refractivity contribution in [2.45, 2.75) is 10.3 Å². The highest BCUT2D eigenvalue weighted by Crippen LogP contribution is 2.27. The molecule has 1 aliphatic heterocycles. The lowest BCUT2D eigenvalue weighted by atomic mass is 10.1. The van der Waals surface area contributed by atoms with Crippen LogP contribution >= 0.6 is 11.8 Å². The summed E-state index contributed by atoms with van der Waals surface area (Å²) < 4.78 is 14.3. The lowest BCUT2D eigenvalue weighted by molar-refractivity contribution is -0.108. The van der Waals surface area contributed by atoms with Crippen LogP contribution in [0.2, 0.25) is 0 Å². The van der Waals surface area contributed by atoms with Crippen LogP contribution in [0.5, 0.6) is 0 Å². The van der Waals surface area contributed by atoms with Gasteiger partial charge in [0, 0.05) is 12.3 Å². The van der Waals surface area contributed by atoms with Crippen LogP contribution in [-0.4, -0.2) is 32.5 Å². The first-order valence-electron chi connectivity index (χ1n) is 6.70. The maximum Gasteiger partial charge on any atom is 0.148 e. The van der Waals surface area contributed by atoms with Gasteiger partial charge in [0.05, 0.1) is 4.90 Å². The van der Waals surface area contributed by atoms with Crippen molar-refractivity contribution in [1.82, 2.24) is 4.31 Å². The maximum absolute atomic E-state index is 12.5. The smallest absolute Gasteiger partial charge is 0.148 e. The largest absolute Gasteiger partial charge is 0.301 e. The molecule has 0 bridgehead atoms. The quantitative estimate of drug-likeness (QED) is 0.814. The van der Waals surface area contributed by atoms with Gasteiger partial charge in [0.1, 0.15) is 22.6 Å². The van der Waals surface area contributed by atoms with Crippen molar-refractivity contribution in [3.05, 3.63) is 54.6 Å². The molecule has 108 valence electrons. The van der Waals surface area contributed by atoms with Crippen molar-refractivity contribution in [1.29, 1.82) is 0 Å². The highest BCUT2D eigenvalue weighted by molar-refractivity contribution is 8.01. The summed E-state index contributed by atoms with van der Waals surface area (Å²) >= 11 is 1.54. The van der Waals surface area contributed by atoms with Gasteiger partial charge in [-0.25, -0.2) is 4.21 Å². The highest BCUT2D eigenvalue weighted by Gasteiger charge is 2.29. The zero-order valence-electron chi connectivity index (χ0n) is 11.3. The van der Waals surface area contributed by atoms with E-state index < -0.39 is 11.0 Å². The Hall–Kier alpha value is -1.43. The topological polar surface area (TPSA) is 37.4 Å². The van der Waals surface area contributed by atoms with E-state index in [-0.39, 0.29) is 5.37 Å². The first-order valence-corrected chi connectivity index (χ1v) is 8.86. The van der Waals surface area contributed by atoms with Crippen molar-refractivity contribution in [3.63, 3.8) is 0 Å². The molecule has 0 amide bonds. The third-order valence-corrected chi connectivity index (χ3v) is 6.15. The molecule has 3 nitrogen and oxygen atoms in total. The number of carbonyl (C=O) groups excluding carboxylic acids is 1. The summed E-state index contributed by atoms with van der Waals surface area (Å²) in [5.41, 5.74) is 2.23. The van der Waals surface area contributed by atoms with Gasteiger partial charge < -0.3 is 4.79 Å². The van der Waals surface area contributed by atoms with E-state index in [0.717, 1.165) is 28.1 Å². The lowest BCUT2D eigenvalue weighted by Crippen LogP contribution is -2.31. The fourth-order valence-corrected chi connectivity index (χ4v) is 4.85. The zero-order chi connectivity index (χ0) is 14.7. The van der Waals surface area contributed by atoms with E-state index in [1.807, 2.05) is 54.6 Å². The van der Waals surface area contributed by atoms with Crippen LogP contribution < -0.4 is 0 Å². The predicted molar refractivity (Wildman–Crippen MR) is 87.3 cm³/mol. The first kappa shape index (κ1) is 14.5. The molecule has 0 aromatic heterocycles. The molecule has 2 aromatic rings. The van der Waals surface area contributed by atoms with E-state index in [1.165, 1.54) is 11.8 Å². The minimum absolute atomic E-state index is 0.292. The minimum atomic E-state index is -1.27. The Labute approximate surface area is 130 Å². The van der Waals surface area contributed by atoms with Crippen LogP contribution in [0.4, 0.5) is 0 Å². The Morgan fingerprint density at radius 3 is 2.38 bits per heavy atom. The molecule has 1 saturated heterocycles. The van der Waals surface area contributed by atoms with E-state index >= 15 is 0 Å². The summed E-state index contributed by atoms with van der Waals surface area (Å²) in [6.45, 7) is 0.682.